The molecule has 1 saturated heterocycles. The predicted octanol–water partition coefficient (Wildman–Crippen LogP) is 2.40. The Hall–Kier alpha value is -2.54. The lowest BCUT2D eigenvalue weighted by Crippen LogP contribution is -2.43. The molecule has 7 heteroatoms. The first kappa shape index (κ1) is 18.3. The lowest BCUT2D eigenvalue weighted by atomic mass is 10.1. The minimum absolute atomic E-state index is 0.0108. The second-order valence-electron chi connectivity index (χ2n) is 6.88. The van der Waals surface area contributed by atoms with Crippen molar-refractivity contribution < 1.29 is 9.53 Å². The van der Waals surface area contributed by atoms with Gasteiger partial charge in [-0.25, -0.2) is 9.97 Å². The Balaban J connectivity index is 1.64. The summed E-state index contributed by atoms with van der Waals surface area (Å²) in [5.41, 5.74) is 7.94. The van der Waals surface area contributed by atoms with Crippen LogP contribution in [-0.2, 0) is 11.3 Å². The minimum Gasteiger partial charge on any atom is -0.372 e. The van der Waals surface area contributed by atoms with E-state index in [9.17, 15) is 4.79 Å². The van der Waals surface area contributed by atoms with Crippen LogP contribution in [0.2, 0.25) is 0 Å². The molecule has 1 amide bonds. The first-order valence-corrected chi connectivity index (χ1v) is 8.97. The summed E-state index contributed by atoms with van der Waals surface area (Å²) < 4.78 is 5.98. The molecule has 1 fully saturated rings. The summed E-state index contributed by atoms with van der Waals surface area (Å²) in [4.78, 5) is 27.1. The number of likely N-dealkylation sites (tertiary alicyclic amines) is 1. The highest BCUT2D eigenvalue weighted by Crippen LogP contribution is 2.19. The van der Waals surface area contributed by atoms with Crippen LogP contribution in [0.4, 0.5) is 5.95 Å². The number of carbonyl (C=O) groups excluding carboxylic acids is 1. The van der Waals surface area contributed by atoms with Gasteiger partial charge in [0.1, 0.15) is 5.69 Å². The number of anilines is 1. The summed E-state index contributed by atoms with van der Waals surface area (Å²) in [7, 11) is 0. The normalized spacial score (nSPS) is 17.5. The van der Waals surface area contributed by atoms with Gasteiger partial charge in [-0.15, -0.1) is 0 Å². The van der Waals surface area contributed by atoms with Crippen LogP contribution in [0.5, 0.6) is 0 Å². The second kappa shape index (κ2) is 8.23. The third-order valence-electron chi connectivity index (χ3n) is 4.45. The van der Waals surface area contributed by atoms with Crippen molar-refractivity contribution in [3.63, 3.8) is 0 Å². The molecule has 26 heavy (non-hydrogen) atoms. The molecule has 2 N–H and O–H groups in total. The smallest absolute Gasteiger partial charge is 0.272 e. The van der Waals surface area contributed by atoms with Gasteiger partial charge in [-0.3, -0.25) is 9.78 Å². The van der Waals surface area contributed by atoms with Crippen molar-refractivity contribution >= 4 is 11.9 Å². The molecule has 2 aromatic rings. The van der Waals surface area contributed by atoms with Crippen LogP contribution in [0.25, 0.3) is 0 Å². The van der Waals surface area contributed by atoms with Crippen molar-refractivity contribution in [3.05, 3.63) is 47.5 Å². The molecular weight excluding hydrogens is 330 g/mol. The van der Waals surface area contributed by atoms with Crippen LogP contribution in [0.3, 0.4) is 0 Å². The average molecular weight is 355 g/mol. The monoisotopic (exact) mass is 355 g/mol. The van der Waals surface area contributed by atoms with Crippen LogP contribution in [-0.4, -0.2) is 45.0 Å². The molecule has 1 aliphatic heterocycles. The summed E-state index contributed by atoms with van der Waals surface area (Å²) in [6.45, 7) is 5.78. The third kappa shape index (κ3) is 4.54. The molecule has 0 spiro atoms. The maximum atomic E-state index is 12.9. The maximum absolute atomic E-state index is 12.9. The van der Waals surface area contributed by atoms with E-state index in [1.54, 1.807) is 23.4 Å². The number of hydrogen-bond acceptors (Lipinski definition) is 6. The van der Waals surface area contributed by atoms with E-state index in [1.165, 1.54) is 0 Å². The fourth-order valence-corrected chi connectivity index (χ4v) is 3.01. The summed E-state index contributed by atoms with van der Waals surface area (Å²) in [5, 5.41) is 0. The molecule has 1 aliphatic rings. The van der Waals surface area contributed by atoms with Crippen LogP contribution in [0, 0.1) is 0 Å². The molecule has 3 heterocycles. The summed E-state index contributed by atoms with van der Waals surface area (Å²) in [6.07, 6.45) is 5.39. The Kier molecular flexibility index (Phi) is 5.78. The third-order valence-corrected chi connectivity index (χ3v) is 4.45. The molecule has 0 saturated carbocycles. The highest BCUT2D eigenvalue weighted by molar-refractivity contribution is 5.92. The number of pyridine rings is 1. The lowest BCUT2D eigenvalue weighted by molar-refractivity contribution is -0.00697. The maximum Gasteiger partial charge on any atom is 0.272 e. The van der Waals surface area contributed by atoms with E-state index < -0.39 is 0 Å². The summed E-state index contributed by atoms with van der Waals surface area (Å²) in [6, 6.07) is 5.61. The Morgan fingerprint density at radius 1 is 1.42 bits per heavy atom. The average Bonchev–Trinajstić information content (AvgIpc) is 2.66. The second-order valence-corrected chi connectivity index (χ2v) is 6.88. The molecule has 7 nitrogen and oxygen atoms in total. The van der Waals surface area contributed by atoms with Crippen LogP contribution in [0.1, 0.15) is 54.4 Å². The van der Waals surface area contributed by atoms with Gasteiger partial charge in [-0.05, 0) is 36.5 Å². The standard InChI is InChI=1S/C19H25N5O2/c1-13(2)16-9-17(23-19(20)22-16)18(25)24-8-4-6-15(11-24)26-12-14-5-3-7-21-10-14/h3,5,7,9-10,13,15H,4,6,8,11-12H2,1-2H3,(H2,20,22,23). The van der Waals surface area contributed by atoms with Crippen molar-refractivity contribution in [1.29, 1.82) is 0 Å². The molecule has 1 atom stereocenters. The predicted molar refractivity (Wildman–Crippen MR) is 98.5 cm³/mol. The molecule has 0 bridgehead atoms. The van der Waals surface area contributed by atoms with E-state index in [0.717, 1.165) is 24.1 Å². The van der Waals surface area contributed by atoms with Gasteiger partial charge < -0.3 is 15.4 Å². The van der Waals surface area contributed by atoms with Crippen LogP contribution in [0.15, 0.2) is 30.6 Å². The van der Waals surface area contributed by atoms with Gasteiger partial charge in [0, 0.05) is 31.2 Å². The van der Waals surface area contributed by atoms with Gasteiger partial charge in [-0.2, -0.15) is 0 Å². The van der Waals surface area contributed by atoms with E-state index in [1.807, 2.05) is 26.0 Å². The van der Waals surface area contributed by atoms with Crippen molar-refractivity contribution in [3.8, 4) is 0 Å². The molecule has 138 valence electrons. The number of rotatable bonds is 5. The number of nitrogens with two attached hydrogens (primary N) is 1. The van der Waals surface area contributed by atoms with E-state index in [-0.39, 0.29) is 23.9 Å². The number of hydrogen-bond donors (Lipinski definition) is 1. The molecule has 2 aromatic heterocycles. The molecule has 0 aromatic carbocycles. The Labute approximate surface area is 153 Å². The number of amides is 1. The van der Waals surface area contributed by atoms with E-state index in [0.29, 0.717) is 25.4 Å². The zero-order valence-corrected chi connectivity index (χ0v) is 15.3. The van der Waals surface area contributed by atoms with E-state index in [2.05, 4.69) is 15.0 Å². The Bertz CT molecular complexity index is 751. The van der Waals surface area contributed by atoms with Gasteiger partial charge in [0.05, 0.1) is 12.7 Å². The largest absolute Gasteiger partial charge is 0.372 e. The van der Waals surface area contributed by atoms with Crippen LogP contribution >= 0.6 is 0 Å². The van der Waals surface area contributed by atoms with Gasteiger partial charge in [0.2, 0.25) is 5.95 Å². The van der Waals surface area contributed by atoms with E-state index in [4.69, 9.17) is 10.5 Å². The number of nitrogen functional groups attached to an aromatic ring is 1. The SMILES string of the molecule is CC(C)c1cc(C(=O)N2CCCC(OCc3cccnc3)C2)nc(N)n1. The topological polar surface area (TPSA) is 94.2 Å². The number of ether oxygens (including phenoxy) is 1. The highest BCUT2D eigenvalue weighted by Gasteiger charge is 2.26. The summed E-state index contributed by atoms with van der Waals surface area (Å²) >= 11 is 0. The van der Waals surface area contributed by atoms with E-state index >= 15 is 0 Å². The lowest BCUT2D eigenvalue weighted by Gasteiger charge is -2.32. The first-order valence-electron chi connectivity index (χ1n) is 8.97. The van der Waals surface area contributed by atoms with Gasteiger partial charge in [0.15, 0.2) is 0 Å². The van der Waals surface area contributed by atoms with Crippen molar-refractivity contribution in [1.82, 2.24) is 19.9 Å². The molecule has 3 rings (SSSR count). The van der Waals surface area contributed by atoms with Crippen LogP contribution < -0.4 is 5.73 Å². The molecule has 0 radical (unpaired) electrons. The van der Waals surface area contributed by atoms with Gasteiger partial charge in [0.25, 0.3) is 5.91 Å². The summed E-state index contributed by atoms with van der Waals surface area (Å²) in [5.74, 6) is 0.209. The minimum atomic E-state index is -0.115. The van der Waals surface area contributed by atoms with Crippen molar-refractivity contribution in [2.24, 2.45) is 0 Å². The number of piperidine rings is 1. The van der Waals surface area contributed by atoms with Gasteiger partial charge >= 0.3 is 0 Å². The van der Waals surface area contributed by atoms with Gasteiger partial charge in [-0.1, -0.05) is 19.9 Å². The number of carbonyl (C=O) groups is 1. The fourth-order valence-electron chi connectivity index (χ4n) is 3.01. The number of aromatic nitrogens is 3. The molecular formula is C19H25N5O2. The zero-order valence-electron chi connectivity index (χ0n) is 15.3. The highest BCUT2D eigenvalue weighted by atomic mass is 16.5. The first-order chi connectivity index (χ1) is 12.5. The Morgan fingerprint density at radius 3 is 3.00 bits per heavy atom. The molecule has 1 unspecified atom stereocenters. The fraction of sp³-hybridized carbons (Fsp3) is 0.474. The van der Waals surface area contributed by atoms with Crippen molar-refractivity contribution in [2.45, 2.75) is 45.3 Å². The number of nitrogens with zero attached hydrogens (tertiary/aromatic N) is 4. The molecule has 0 aliphatic carbocycles. The Morgan fingerprint density at radius 2 is 2.27 bits per heavy atom. The zero-order chi connectivity index (χ0) is 18.5. The quantitative estimate of drug-likeness (QED) is 0.885. The van der Waals surface area contributed by atoms with Crippen molar-refractivity contribution in [2.75, 3.05) is 18.8 Å².